The molecule has 2 amide bonds. The average molecular weight is 489 g/mol. The van der Waals surface area contributed by atoms with Crippen LogP contribution in [0.1, 0.15) is 35.4 Å². The van der Waals surface area contributed by atoms with Gasteiger partial charge >= 0.3 is 0 Å². The van der Waals surface area contributed by atoms with Gasteiger partial charge in [-0.25, -0.2) is 0 Å². The van der Waals surface area contributed by atoms with E-state index in [1.54, 1.807) is 36.4 Å². The minimum atomic E-state index is -0.896. The topological polar surface area (TPSA) is 138 Å². The predicted molar refractivity (Wildman–Crippen MR) is 128 cm³/mol. The van der Waals surface area contributed by atoms with Crippen LogP contribution in [0.15, 0.2) is 36.4 Å². The molecular formula is C24H29ClN4O5. The standard InChI is InChI=1S/C24H29ClN4O5/c1-33-16-7-8-21(34-2)17(11-16)18(13-30)24(32)29-9-3-4-20(29)23(31)28-12-15-6-5-14(22(26)27)10-19(15)25/h5-8,10-11,18,20,30H,3-4,9,12-13H2,1-2H3,(H3,26,27)(H,28,31)/t18?,20-/m0/s1. The van der Waals surface area contributed by atoms with Gasteiger partial charge in [-0.15, -0.1) is 0 Å². The molecule has 0 aliphatic carbocycles. The van der Waals surface area contributed by atoms with E-state index >= 15 is 0 Å². The Hall–Kier alpha value is -3.30. The molecule has 2 aromatic rings. The van der Waals surface area contributed by atoms with Crippen molar-refractivity contribution >= 4 is 29.3 Å². The van der Waals surface area contributed by atoms with Gasteiger partial charge in [0.25, 0.3) is 0 Å². The monoisotopic (exact) mass is 488 g/mol. The summed E-state index contributed by atoms with van der Waals surface area (Å²) in [5.41, 5.74) is 7.14. The number of nitrogens with one attached hydrogen (secondary N) is 2. The van der Waals surface area contributed by atoms with Crippen molar-refractivity contribution in [2.75, 3.05) is 27.4 Å². The van der Waals surface area contributed by atoms with Crippen LogP contribution in [0.4, 0.5) is 0 Å². The Morgan fingerprint density at radius 3 is 2.65 bits per heavy atom. The molecule has 1 heterocycles. The van der Waals surface area contributed by atoms with E-state index in [0.717, 1.165) is 0 Å². The summed E-state index contributed by atoms with van der Waals surface area (Å²) in [7, 11) is 3.01. The lowest BCUT2D eigenvalue weighted by molar-refractivity contribution is -0.140. The summed E-state index contributed by atoms with van der Waals surface area (Å²) in [5, 5.41) is 20.8. The normalized spacial score (nSPS) is 16.1. The molecule has 9 nitrogen and oxygen atoms in total. The summed E-state index contributed by atoms with van der Waals surface area (Å²) in [6.45, 7) is 0.139. The van der Waals surface area contributed by atoms with E-state index in [1.165, 1.54) is 19.1 Å². The summed E-state index contributed by atoms with van der Waals surface area (Å²) in [5.74, 6) is -0.652. The fourth-order valence-electron chi connectivity index (χ4n) is 4.08. The number of amides is 2. The van der Waals surface area contributed by atoms with Gasteiger partial charge in [0.2, 0.25) is 11.8 Å². The van der Waals surface area contributed by atoms with E-state index in [-0.39, 0.29) is 24.2 Å². The van der Waals surface area contributed by atoms with Crippen molar-refractivity contribution < 1.29 is 24.2 Å². The Morgan fingerprint density at radius 1 is 1.26 bits per heavy atom. The van der Waals surface area contributed by atoms with Crippen molar-refractivity contribution in [3.63, 3.8) is 0 Å². The second kappa shape index (κ2) is 11.2. The maximum Gasteiger partial charge on any atom is 0.243 e. The number of benzene rings is 2. The third-order valence-corrected chi connectivity index (χ3v) is 6.30. The van der Waals surface area contributed by atoms with Crippen molar-refractivity contribution in [2.24, 2.45) is 5.73 Å². The molecule has 1 aliphatic heterocycles. The molecule has 2 atom stereocenters. The first kappa shape index (κ1) is 25.3. The SMILES string of the molecule is COc1ccc(OC)c(C(CO)C(=O)N2CCC[C@H]2C(=O)NCc2ccc(C(=N)N)cc2Cl)c1. The van der Waals surface area contributed by atoms with E-state index < -0.39 is 18.6 Å². The number of likely N-dealkylation sites (tertiary alicyclic amines) is 1. The predicted octanol–water partition coefficient (Wildman–Crippen LogP) is 2.02. The number of carbonyl (C=O) groups excluding carboxylic acids is 2. The molecule has 0 saturated carbocycles. The Kier molecular flexibility index (Phi) is 8.36. The highest BCUT2D eigenvalue weighted by atomic mass is 35.5. The van der Waals surface area contributed by atoms with Gasteiger partial charge in [-0.2, -0.15) is 0 Å². The van der Waals surface area contributed by atoms with Crippen LogP contribution in [-0.2, 0) is 16.1 Å². The van der Waals surface area contributed by atoms with E-state index in [4.69, 9.17) is 32.2 Å². The quantitative estimate of drug-likeness (QED) is 0.315. The fourth-order valence-corrected chi connectivity index (χ4v) is 4.33. The summed E-state index contributed by atoms with van der Waals surface area (Å²) >= 11 is 6.26. The van der Waals surface area contributed by atoms with Gasteiger partial charge < -0.3 is 30.5 Å². The van der Waals surface area contributed by atoms with Gasteiger partial charge in [0, 0.05) is 29.2 Å². The number of hydrogen-bond donors (Lipinski definition) is 4. The molecule has 34 heavy (non-hydrogen) atoms. The maximum absolute atomic E-state index is 13.4. The second-order valence-corrected chi connectivity index (χ2v) is 8.38. The molecule has 1 fully saturated rings. The first-order valence-electron chi connectivity index (χ1n) is 10.8. The van der Waals surface area contributed by atoms with Crippen molar-refractivity contribution in [1.29, 1.82) is 5.41 Å². The first-order valence-corrected chi connectivity index (χ1v) is 11.2. The Morgan fingerprint density at radius 2 is 2.03 bits per heavy atom. The van der Waals surface area contributed by atoms with Crippen LogP contribution < -0.4 is 20.5 Å². The number of nitrogen functional groups attached to an aromatic ring is 1. The molecule has 10 heteroatoms. The van der Waals surface area contributed by atoms with Crippen LogP contribution in [0, 0.1) is 5.41 Å². The van der Waals surface area contributed by atoms with Crippen molar-refractivity contribution in [2.45, 2.75) is 31.3 Å². The number of methoxy groups -OCH3 is 2. The van der Waals surface area contributed by atoms with E-state index in [9.17, 15) is 14.7 Å². The van der Waals surface area contributed by atoms with E-state index in [1.807, 2.05) is 0 Å². The summed E-state index contributed by atoms with van der Waals surface area (Å²) in [4.78, 5) is 27.9. The summed E-state index contributed by atoms with van der Waals surface area (Å²) in [6.07, 6.45) is 1.19. The van der Waals surface area contributed by atoms with Crippen LogP contribution in [0.2, 0.25) is 5.02 Å². The zero-order valence-corrected chi connectivity index (χ0v) is 19.9. The highest BCUT2D eigenvalue weighted by Crippen LogP contribution is 2.33. The molecule has 182 valence electrons. The molecule has 5 N–H and O–H groups in total. The molecule has 3 rings (SSSR count). The van der Waals surface area contributed by atoms with Crippen LogP contribution in [0.5, 0.6) is 11.5 Å². The van der Waals surface area contributed by atoms with Gasteiger partial charge in [-0.3, -0.25) is 15.0 Å². The van der Waals surface area contributed by atoms with E-state index in [0.29, 0.717) is 52.6 Å². The number of nitrogens with zero attached hydrogens (tertiary/aromatic N) is 1. The number of hydrogen-bond acceptors (Lipinski definition) is 6. The molecule has 2 aromatic carbocycles. The number of halogens is 1. The summed E-state index contributed by atoms with van der Waals surface area (Å²) in [6, 6.07) is 9.33. The van der Waals surface area contributed by atoms with Gasteiger partial charge in [-0.05, 0) is 42.7 Å². The van der Waals surface area contributed by atoms with Gasteiger partial charge in [0.15, 0.2) is 0 Å². The van der Waals surface area contributed by atoms with Gasteiger partial charge in [-0.1, -0.05) is 23.7 Å². The second-order valence-electron chi connectivity index (χ2n) is 7.97. The Bertz CT molecular complexity index is 1080. The van der Waals surface area contributed by atoms with Crippen LogP contribution in [0.25, 0.3) is 0 Å². The highest BCUT2D eigenvalue weighted by Gasteiger charge is 2.38. The molecule has 0 aromatic heterocycles. The first-order chi connectivity index (χ1) is 16.3. The molecule has 0 spiro atoms. The zero-order chi connectivity index (χ0) is 24.8. The largest absolute Gasteiger partial charge is 0.497 e. The molecule has 0 bridgehead atoms. The number of aliphatic hydroxyl groups is 1. The number of aliphatic hydroxyl groups excluding tert-OH is 1. The van der Waals surface area contributed by atoms with Crippen molar-refractivity contribution in [3.05, 3.63) is 58.1 Å². The molecule has 1 aliphatic rings. The average Bonchev–Trinajstić information content (AvgIpc) is 3.33. The molecule has 1 unspecified atom stereocenters. The van der Waals surface area contributed by atoms with E-state index in [2.05, 4.69) is 5.32 Å². The molecular weight excluding hydrogens is 460 g/mol. The highest BCUT2D eigenvalue weighted by molar-refractivity contribution is 6.31. The number of carbonyl (C=O) groups is 2. The lowest BCUT2D eigenvalue weighted by Gasteiger charge is -2.28. The van der Waals surface area contributed by atoms with Crippen LogP contribution in [0.3, 0.4) is 0 Å². The number of nitrogens with two attached hydrogens (primary N) is 1. The van der Waals surface area contributed by atoms with Crippen molar-refractivity contribution in [1.82, 2.24) is 10.2 Å². The minimum Gasteiger partial charge on any atom is -0.497 e. The third-order valence-electron chi connectivity index (χ3n) is 5.95. The lowest BCUT2D eigenvalue weighted by Crippen LogP contribution is -2.47. The number of amidine groups is 1. The molecule has 1 saturated heterocycles. The van der Waals surface area contributed by atoms with Crippen LogP contribution in [-0.4, -0.2) is 61.1 Å². The Labute approximate surface area is 203 Å². The summed E-state index contributed by atoms with van der Waals surface area (Å²) < 4.78 is 10.6. The van der Waals surface area contributed by atoms with Crippen LogP contribution >= 0.6 is 11.6 Å². The maximum atomic E-state index is 13.4. The van der Waals surface area contributed by atoms with Gasteiger partial charge in [0.05, 0.1) is 26.7 Å². The third kappa shape index (κ3) is 5.43. The van der Waals surface area contributed by atoms with Gasteiger partial charge in [0.1, 0.15) is 23.4 Å². The Balaban J connectivity index is 1.74. The lowest BCUT2D eigenvalue weighted by atomic mass is 9.96. The number of ether oxygens (including phenoxy) is 2. The molecule has 0 radical (unpaired) electrons. The van der Waals surface area contributed by atoms with Crippen molar-refractivity contribution in [3.8, 4) is 11.5 Å². The zero-order valence-electron chi connectivity index (χ0n) is 19.1. The fraction of sp³-hybridized carbons (Fsp3) is 0.375. The minimum absolute atomic E-state index is 0.0938. The number of rotatable bonds is 9. The smallest absolute Gasteiger partial charge is 0.243 e.